The number of urea groups is 1. The van der Waals surface area contributed by atoms with Gasteiger partial charge in [-0.1, -0.05) is 39.1 Å². The van der Waals surface area contributed by atoms with E-state index in [0.717, 1.165) is 10.0 Å². The van der Waals surface area contributed by atoms with Crippen molar-refractivity contribution in [2.75, 3.05) is 16.4 Å². The molecule has 0 atom stereocenters. The summed E-state index contributed by atoms with van der Waals surface area (Å²) in [6, 6.07) is 7.95. The van der Waals surface area contributed by atoms with Gasteiger partial charge < -0.3 is 16.4 Å². The van der Waals surface area contributed by atoms with E-state index in [-0.39, 0.29) is 0 Å². The van der Waals surface area contributed by atoms with Crippen molar-refractivity contribution in [1.29, 1.82) is 0 Å². The van der Waals surface area contributed by atoms with Gasteiger partial charge in [-0.25, -0.2) is 4.79 Å². The molecule has 0 fully saturated rings. The van der Waals surface area contributed by atoms with Gasteiger partial charge in [0.25, 0.3) is 0 Å². The van der Waals surface area contributed by atoms with Gasteiger partial charge >= 0.3 is 6.03 Å². The van der Waals surface area contributed by atoms with Crippen LogP contribution < -0.4 is 16.4 Å². The average molecular weight is 389 g/mol. The van der Waals surface area contributed by atoms with Crippen LogP contribution in [0.1, 0.15) is 5.56 Å². The third-order valence-corrected chi connectivity index (χ3v) is 3.58. The number of rotatable bonds is 2. The predicted octanol–water partition coefficient (Wildman–Crippen LogP) is 5.29. The lowest BCUT2D eigenvalue weighted by molar-refractivity contribution is 0.262. The lowest BCUT2D eigenvalue weighted by Gasteiger charge is -2.13. The fraction of sp³-hybridized carbons (Fsp3) is 0.0714. The van der Waals surface area contributed by atoms with Gasteiger partial charge in [-0.15, -0.1) is 0 Å². The van der Waals surface area contributed by atoms with Gasteiger partial charge in [0.15, 0.2) is 0 Å². The highest BCUT2D eigenvalue weighted by Crippen LogP contribution is 2.28. The predicted molar refractivity (Wildman–Crippen MR) is 92.4 cm³/mol. The van der Waals surface area contributed by atoms with E-state index in [4.69, 9.17) is 28.9 Å². The van der Waals surface area contributed by atoms with E-state index in [9.17, 15) is 4.79 Å². The molecule has 0 saturated carbocycles. The molecule has 0 bridgehead atoms. The standard InChI is InChI=1S/C14H12BrCl2N3O/c1-7-2-8(15)3-12(18)13(7)20-14(21)19-11-5-9(16)4-10(17)6-11/h2-6H,18H2,1H3,(H2,19,20,21). The van der Waals surface area contributed by atoms with Crippen molar-refractivity contribution in [3.8, 4) is 0 Å². The molecule has 21 heavy (non-hydrogen) atoms. The topological polar surface area (TPSA) is 67.1 Å². The van der Waals surface area contributed by atoms with E-state index in [1.165, 1.54) is 0 Å². The summed E-state index contributed by atoms with van der Waals surface area (Å²) < 4.78 is 0.852. The van der Waals surface area contributed by atoms with E-state index in [0.29, 0.717) is 27.1 Å². The second kappa shape index (κ2) is 6.56. The summed E-state index contributed by atoms with van der Waals surface area (Å²) in [5.41, 5.74) is 8.28. The summed E-state index contributed by atoms with van der Waals surface area (Å²) in [5, 5.41) is 6.25. The zero-order valence-corrected chi connectivity index (χ0v) is 14.1. The molecule has 2 aromatic rings. The molecule has 0 spiro atoms. The molecule has 0 aliphatic carbocycles. The lowest BCUT2D eigenvalue weighted by atomic mass is 10.1. The molecule has 4 nitrogen and oxygen atoms in total. The zero-order valence-electron chi connectivity index (χ0n) is 11.0. The molecule has 0 aromatic heterocycles. The van der Waals surface area contributed by atoms with Crippen molar-refractivity contribution >= 4 is 62.2 Å². The van der Waals surface area contributed by atoms with Crippen LogP contribution in [0.3, 0.4) is 0 Å². The van der Waals surface area contributed by atoms with Crippen LogP contribution in [0.4, 0.5) is 21.9 Å². The van der Waals surface area contributed by atoms with E-state index >= 15 is 0 Å². The molecule has 0 unspecified atom stereocenters. The van der Waals surface area contributed by atoms with Gasteiger partial charge in [-0.05, 0) is 42.8 Å². The van der Waals surface area contributed by atoms with Crippen LogP contribution in [0.2, 0.25) is 10.0 Å². The largest absolute Gasteiger partial charge is 0.397 e. The Bertz CT molecular complexity index is 663. The molecule has 110 valence electrons. The summed E-state index contributed by atoms with van der Waals surface area (Å²) in [6.45, 7) is 1.85. The van der Waals surface area contributed by atoms with Crippen molar-refractivity contribution in [3.05, 3.63) is 50.4 Å². The van der Waals surface area contributed by atoms with E-state index in [1.807, 2.05) is 13.0 Å². The second-order valence-corrected chi connectivity index (χ2v) is 6.21. The third-order valence-electron chi connectivity index (χ3n) is 2.69. The number of halogens is 3. The van der Waals surface area contributed by atoms with Crippen molar-refractivity contribution in [2.45, 2.75) is 6.92 Å². The highest BCUT2D eigenvalue weighted by Gasteiger charge is 2.10. The fourth-order valence-corrected chi connectivity index (χ4v) is 2.96. The number of nitrogens with one attached hydrogen (secondary N) is 2. The number of amides is 2. The minimum absolute atomic E-state index is 0.426. The van der Waals surface area contributed by atoms with Crippen LogP contribution in [-0.4, -0.2) is 6.03 Å². The normalized spacial score (nSPS) is 10.3. The van der Waals surface area contributed by atoms with Crippen molar-refractivity contribution in [3.63, 3.8) is 0 Å². The first kappa shape index (κ1) is 15.9. The number of hydrogen-bond acceptors (Lipinski definition) is 2. The number of nitrogen functional groups attached to an aromatic ring is 1. The molecular formula is C14H12BrCl2N3O. The Morgan fingerprint density at radius 1 is 1.10 bits per heavy atom. The van der Waals surface area contributed by atoms with Gasteiger partial charge in [0, 0.05) is 20.2 Å². The Hall–Kier alpha value is -1.43. The Morgan fingerprint density at radius 3 is 2.29 bits per heavy atom. The Balaban J connectivity index is 2.15. The first-order chi connectivity index (χ1) is 9.85. The molecule has 0 radical (unpaired) electrons. The number of aryl methyl sites for hydroxylation is 1. The highest BCUT2D eigenvalue weighted by molar-refractivity contribution is 9.10. The first-order valence-corrected chi connectivity index (χ1v) is 7.50. The molecule has 0 saturated heterocycles. The molecular weight excluding hydrogens is 377 g/mol. The summed E-state index contributed by atoms with van der Waals surface area (Å²) in [4.78, 5) is 12.0. The minimum atomic E-state index is -0.426. The lowest BCUT2D eigenvalue weighted by Crippen LogP contribution is -2.20. The zero-order chi connectivity index (χ0) is 15.6. The molecule has 0 aliphatic heterocycles. The van der Waals surface area contributed by atoms with Crippen molar-refractivity contribution in [1.82, 2.24) is 0 Å². The van der Waals surface area contributed by atoms with Crippen molar-refractivity contribution < 1.29 is 4.79 Å². The maximum Gasteiger partial charge on any atom is 0.323 e. The van der Waals surface area contributed by atoms with Gasteiger partial charge in [-0.3, -0.25) is 0 Å². The number of hydrogen-bond donors (Lipinski definition) is 3. The van der Waals surface area contributed by atoms with E-state index in [1.54, 1.807) is 24.3 Å². The van der Waals surface area contributed by atoms with Gasteiger partial charge in [0.2, 0.25) is 0 Å². The van der Waals surface area contributed by atoms with Crippen LogP contribution in [0, 0.1) is 6.92 Å². The number of nitrogens with two attached hydrogens (primary N) is 1. The Labute approximate surface area is 140 Å². The smallest absolute Gasteiger partial charge is 0.323 e. The monoisotopic (exact) mass is 387 g/mol. The van der Waals surface area contributed by atoms with Crippen LogP contribution in [0.15, 0.2) is 34.8 Å². The number of carbonyl (C=O) groups is 1. The minimum Gasteiger partial charge on any atom is -0.397 e. The fourth-order valence-electron chi connectivity index (χ4n) is 1.84. The molecule has 7 heteroatoms. The molecule has 2 amide bonds. The van der Waals surface area contributed by atoms with Gasteiger partial charge in [0.1, 0.15) is 0 Å². The number of benzene rings is 2. The van der Waals surface area contributed by atoms with E-state index in [2.05, 4.69) is 26.6 Å². The molecule has 2 aromatic carbocycles. The maximum absolute atomic E-state index is 12.0. The van der Waals surface area contributed by atoms with E-state index < -0.39 is 6.03 Å². The van der Waals surface area contributed by atoms with Crippen LogP contribution >= 0.6 is 39.1 Å². The quantitative estimate of drug-likeness (QED) is 0.611. The summed E-state index contributed by atoms with van der Waals surface area (Å²) in [6.07, 6.45) is 0. The number of anilines is 3. The van der Waals surface area contributed by atoms with Crippen LogP contribution in [0.5, 0.6) is 0 Å². The molecule has 2 rings (SSSR count). The van der Waals surface area contributed by atoms with Crippen LogP contribution in [0.25, 0.3) is 0 Å². The van der Waals surface area contributed by atoms with Crippen molar-refractivity contribution in [2.24, 2.45) is 0 Å². The summed E-state index contributed by atoms with van der Waals surface area (Å²) >= 11 is 15.1. The Morgan fingerprint density at radius 2 is 1.71 bits per heavy atom. The number of carbonyl (C=O) groups excluding carboxylic acids is 1. The molecule has 0 aliphatic rings. The maximum atomic E-state index is 12.0. The summed E-state index contributed by atoms with van der Waals surface area (Å²) in [5.74, 6) is 0. The summed E-state index contributed by atoms with van der Waals surface area (Å²) in [7, 11) is 0. The van der Waals surface area contributed by atoms with Crippen LogP contribution in [-0.2, 0) is 0 Å². The molecule has 0 heterocycles. The van der Waals surface area contributed by atoms with Gasteiger partial charge in [0.05, 0.1) is 11.4 Å². The average Bonchev–Trinajstić information content (AvgIpc) is 2.32. The highest BCUT2D eigenvalue weighted by atomic mass is 79.9. The first-order valence-electron chi connectivity index (χ1n) is 5.95. The molecule has 4 N–H and O–H groups in total. The SMILES string of the molecule is Cc1cc(Br)cc(N)c1NC(=O)Nc1cc(Cl)cc(Cl)c1. The van der Waals surface area contributed by atoms with Gasteiger partial charge in [-0.2, -0.15) is 0 Å². The second-order valence-electron chi connectivity index (χ2n) is 4.42. The Kier molecular flexibility index (Phi) is 4.98. The third kappa shape index (κ3) is 4.27.